The number of rotatable bonds is 6. The maximum Gasteiger partial charge on any atom is 0.318 e. The number of hydrogen-bond acceptors (Lipinski definition) is 4. The zero-order chi connectivity index (χ0) is 16.8. The quantitative estimate of drug-likeness (QED) is 0.672. The summed E-state index contributed by atoms with van der Waals surface area (Å²) >= 11 is 3.38. The van der Waals surface area contributed by atoms with E-state index < -0.39 is 5.82 Å². The van der Waals surface area contributed by atoms with Crippen LogP contribution in [0.25, 0.3) is 0 Å². The molecule has 3 rings (SSSR count). The minimum Gasteiger partial charge on any atom is -0.459 e. The number of nitrogens with one attached hydrogen (secondary N) is 1. The average Bonchev–Trinajstić information content (AvgIpc) is 2.62. The Labute approximate surface area is 147 Å². The largest absolute Gasteiger partial charge is 0.459 e. The summed E-state index contributed by atoms with van der Waals surface area (Å²) in [5, 5.41) is 2.97. The molecular formula is C18H15BrFN3O. The Morgan fingerprint density at radius 3 is 2.50 bits per heavy atom. The van der Waals surface area contributed by atoms with Crippen LogP contribution in [0.1, 0.15) is 11.1 Å². The molecule has 0 fully saturated rings. The maximum atomic E-state index is 13.8. The number of ether oxygens (including phenoxy) is 1. The summed E-state index contributed by atoms with van der Waals surface area (Å²) in [6.45, 7) is 0.790. The Bertz CT molecular complexity index is 797. The van der Waals surface area contributed by atoms with Gasteiger partial charge in [0.2, 0.25) is 0 Å². The van der Waals surface area contributed by atoms with Gasteiger partial charge in [0.25, 0.3) is 0 Å². The third-order valence-electron chi connectivity index (χ3n) is 3.31. The molecule has 2 aromatic carbocycles. The molecule has 0 atom stereocenters. The lowest BCUT2D eigenvalue weighted by Gasteiger charge is -2.09. The van der Waals surface area contributed by atoms with E-state index in [-0.39, 0.29) is 11.8 Å². The van der Waals surface area contributed by atoms with Gasteiger partial charge in [-0.3, -0.25) is 0 Å². The molecule has 0 bridgehead atoms. The molecule has 24 heavy (non-hydrogen) atoms. The van der Waals surface area contributed by atoms with Crippen molar-refractivity contribution in [3.8, 4) is 6.01 Å². The van der Waals surface area contributed by atoms with Gasteiger partial charge < -0.3 is 10.1 Å². The van der Waals surface area contributed by atoms with Crippen LogP contribution in [-0.2, 0) is 13.2 Å². The highest BCUT2D eigenvalue weighted by atomic mass is 79.9. The van der Waals surface area contributed by atoms with E-state index in [2.05, 4.69) is 31.2 Å². The number of benzene rings is 2. The minimum absolute atomic E-state index is 0.121. The van der Waals surface area contributed by atoms with Crippen LogP contribution >= 0.6 is 15.9 Å². The van der Waals surface area contributed by atoms with Gasteiger partial charge in [0.15, 0.2) is 11.6 Å². The smallest absolute Gasteiger partial charge is 0.318 e. The van der Waals surface area contributed by atoms with Gasteiger partial charge in [-0.05, 0) is 23.3 Å². The van der Waals surface area contributed by atoms with Gasteiger partial charge in [-0.25, -0.2) is 9.37 Å². The van der Waals surface area contributed by atoms with Crippen LogP contribution in [0.5, 0.6) is 6.01 Å². The summed E-state index contributed by atoms with van der Waals surface area (Å²) in [6.07, 6.45) is 1.11. The van der Waals surface area contributed by atoms with E-state index in [1.807, 2.05) is 54.6 Å². The van der Waals surface area contributed by atoms with Crippen molar-refractivity contribution in [2.75, 3.05) is 5.32 Å². The predicted octanol–water partition coefficient (Wildman–Crippen LogP) is 4.57. The lowest BCUT2D eigenvalue weighted by atomic mass is 10.2. The highest BCUT2D eigenvalue weighted by Crippen LogP contribution is 2.16. The van der Waals surface area contributed by atoms with Crippen molar-refractivity contribution in [1.82, 2.24) is 9.97 Å². The second-order valence-corrected chi connectivity index (χ2v) is 6.02. The molecular weight excluding hydrogens is 373 g/mol. The van der Waals surface area contributed by atoms with Crippen LogP contribution in [0.2, 0.25) is 0 Å². The van der Waals surface area contributed by atoms with Crippen molar-refractivity contribution in [1.29, 1.82) is 0 Å². The van der Waals surface area contributed by atoms with Crippen molar-refractivity contribution in [3.05, 3.63) is 82.2 Å². The number of aromatic nitrogens is 2. The molecule has 0 saturated carbocycles. The monoisotopic (exact) mass is 387 g/mol. The molecule has 1 aromatic heterocycles. The molecule has 122 valence electrons. The first-order chi connectivity index (χ1) is 11.7. The van der Waals surface area contributed by atoms with Gasteiger partial charge >= 0.3 is 6.01 Å². The second-order valence-electron chi connectivity index (χ2n) is 5.10. The number of halogens is 2. The summed E-state index contributed by atoms with van der Waals surface area (Å²) < 4.78 is 20.4. The van der Waals surface area contributed by atoms with Crippen LogP contribution in [-0.4, -0.2) is 9.97 Å². The number of hydrogen-bond donors (Lipinski definition) is 1. The Hall–Kier alpha value is -2.47. The molecule has 1 heterocycles. The van der Waals surface area contributed by atoms with Gasteiger partial charge in [0.05, 0.1) is 6.20 Å². The molecule has 0 unspecified atom stereocenters. The first-order valence-electron chi connectivity index (χ1n) is 7.38. The molecule has 0 aliphatic heterocycles. The molecule has 3 aromatic rings. The van der Waals surface area contributed by atoms with E-state index in [0.29, 0.717) is 13.2 Å². The molecule has 6 heteroatoms. The molecule has 0 amide bonds. The van der Waals surface area contributed by atoms with Crippen molar-refractivity contribution in [2.45, 2.75) is 13.2 Å². The van der Waals surface area contributed by atoms with E-state index in [0.717, 1.165) is 21.8 Å². The molecule has 0 saturated heterocycles. The third-order valence-corrected chi connectivity index (χ3v) is 3.83. The standard InChI is InChI=1S/C18H15BrFN3O/c19-15-8-6-13(7-9-15)10-21-17-16(20)11-22-18(23-17)24-12-14-4-2-1-3-5-14/h1-9,11H,10,12H2,(H,21,22,23). The molecule has 0 aliphatic carbocycles. The Balaban J connectivity index is 1.64. The maximum absolute atomic E-state index is 13.8. The second kappa shape index (κ2) is 7.88. The zero-order valence-corrected chi connectivity index (χ0v) is 14.3. The highest BCUT2D eigenvalue weighted by Gasteiger charge is 2.08. The minimum atomic E-state index is -0.515. The summed E-state index contributed by atoms with van der Waals surface area (Å²) in [4.78, 5) is 7.96. The Morgan fingerprint density at radius 1 is 1.00 bits per heavy atom. The highest BCUT2D eigenvalue weighted by molar-refractivity contribution is 9.10. The number of anilines is 1. The van der Waals surface area contributed by atoms with E-state index in [9.17, 15) is 4.39 Å². The van der Waals surface area contributed by atoms with Gasteiger partial charge in [-0.15, -0.1) is 0 Å². The van der Waals surface area contributed by atoms with Crippen LogP contribution < -0.4 is 10.1 Å². The van der Waals surface area contributed by atoms with Crippen LogP contribution in [0.3, 0.4) is 0 Å². The van der Waals surface area contributed by atoms with Crippen LogP contribution in [0.4, 0.5) is 10.2 Å². The molecule has 0 spiro atoms. The topological polar surface area (TPSA) is 47.0 Å². The van der Waals surface area contributed by atoms with E-state index in [1.54, 1.807) is 0 Å². The van der Waals surface area contributed by atoms with E-state index >= 15 is 0 Å². The average molecular weight is 388 g/mol. The fraction of sp³-hybridized carbons (Fsp3) is 0.111. The van der Waals surface area contributed by atoms with Gasteiger partial charge in [0.1, 0.15) is 6.61 Å². The summed E-state index contributed by atoms with van der Waals surface area (Å²) in [5.74, 6) is -0.393. The summed E-state index contributed by atoms with van der Waals surface area (Å²) in [5.41, 5.74) is 2.01. The van der Waals surface area contributed by atoms with Crippen molar-refractivity contribution in [2.24, 2.45) is 0 Å². The van der Waals surface area contributed by atoms with Crippen LogP contribution in [0, 0.1) is 5.82 Å². The number of nitrogens with zero attached hydrogens (tertiary/aromatic N) is 2. The van der Waals surface area contributed by atoms with E-state index in [1.165, 1.54) is 0 Å². The van der Waals surface area contributed by atoms with Crippen LogP contribution in [0.15, 0.2) is 65.3 Å². The summed E-state index contributed by atoms with van der Waals surface area (Å²) in [6, 6.07) is 17.6. The fourth-order valence-corrected chi connectivity index (χ4v) is 2.32. The lowest BCUT2D eigenvalue weighted by molar-refractivity contribution is 0.280. The Kier molecular flexibility index (Phi) is 5.38. The molecule has 4 nitrogen and oxygen atoms in total. The predicted molar refractivity (Wildman–Crippen MR) is 94.2 cm³/mol. The molecule has 0 aliphatic rings. The van der Waals surface area contributed by atoms with Gasteiger partial charge in [0, 0.05) is 11.0 Å². The lowest BCUT2D eigenvalue weighted by Crippen LogP contribution is -2.07. The SMILES string of the molecule is Fc1cnc(OCc2ccccc2)nc1NCc1ccc(Br)cc1. The van der Waals surface area contributed by atoms with Crippen molar-refractivity contribution >= 4 is 21.7 Å². The van der Waals surface area contributed by atoms with Crippen molar-refractivity contribution in [3.63, 3.8) is 0 Å². The van der Waals surface area contributed by atoms with E-state index in [4.69, 9.17) is 4.74 Å². The Morgan fingerprint density at radius 2 is 1.75 bits per heavy atom. The summed E-state index contributed by atoms with van der Waals surface area (Å²) in [7, 11) is 0. The zero-order valence-electron chi connectivity index (χ0n) is 12.7. The first-order valence-corrected chi connectivity index (χ1v) is 8.17. The van der Waals surface area contributed by atoms with Gasteiger partial charge in [-0.1, -0.05) is 58.4 Å². The third kappa shape index (κ3) is 4.52. The normalized spacial score (nSPS) is 10.4. The van der Waals surface area contributed by atoms with Crippen molar-refractivity contribution < 1.29 is 9.13 Å². The fourth-order valence-electron chi connectivity index (χ4n) is 2.05. The molecule has 1 N–H and O–H groups in total. The molecule has 0 radical (unpaired) electrons. The first kappa shape index (κ1) is 16.4. The van der Waals surface area contributed by atoms with Gasteiger partial charge in [-0.2, -0.15) is 4.98 Å².